The van der Waals surface area contributed by atoms with E-state index in [1.807, 2.05) is 31.3 Å². The number of hydrogen-bond donors (Lipinski definition) is 1. The van der Waals surface area contributed by atoms with Crippen LogP contribution in [0, 0.1) is 0 Å². The van der Waals surface area contributed by atoms with Gasteiger partial charge < -0.3 is 15.0 Å². The van der Waals surface area contributed by atoms with Crippen molar-refractivity contribution in [3.05, 3.63) is 36.7 Å². The van der Waals surface area contributed by atoms with Crippen LogP contribution in [0.25, 0.3) is 11.3 Å². The molecule has 128 valence electrons. The van der Waals surface area contributed by atoms with Crippen LogP contribution in [-0.2, 0) is 0 Å². The number of methoxy groups -OCH3 is 1. The van der Waals surface area contributed by atoms with Crippen LogP contribution in [0.2, 0.25) is 0 Å². The molecule has 1 fully saturated rings. The third kappa shape index (κ3) is 3.83. The second-order valence-electron chi connectivity index (χ2n) is 5.89. The van der Waals surface area contributed by atoms with Gasteiger partial charge in [-0.2, -0.15) is 0 Å². The first-order chi connectivity index (χ1) is 11.8. The number of piperazine rings is 1. The van der Waals surface area contributed by atoms with Crippen LogP contribution >= 0.6 is 0 Å². The summed E-state index contributed by atoms with van der Waals surface area (Å²) in [6, 6.07) is 8.00. The van der Waals surface area contributed by atoms with Crippen molar-refractivity contribution in [2.45, 2.75) is 0 Å². The molecule has 1 aliphatic heterocycles. The molecule has 1 saturated heterocycles. The third-order valence-corrected chi connectivity index (χ3v) is 4.39. The standard InChI is InChI=1S/C18H25N5O/c1-19-9-10-22-11-13-23(14-12-22)18-17(20-7-8-21-18)15-3-5-16(24-2)6-4-15/h3-8,19H,9-14H2,1-2H3. The number of nitrogens with one attached hydrogen (secondary N) is 1. The lowest BCUT2D eigenvalue weighted by Crippen LogP contribution is -2.48. The Morgan fingerprint density at radius 1 is 1.04 bits per heavy atom. The predicted molar refractivity (Wildman–Crippen MR) is 96.6 cm³/mol. The van der Waals surface area contributed by atoms with Crippen LogP contribution in [0.15, 0.2) is 36.7 Å². The van der Waals surface area contributed by atoms with Crippen LogP contribution < -0.4 is 15.0 Å². The van der Waals surface area contributed by atoms with Gasteiger partial charge in [0.1, 0.15) is 11.4 Å². The van der Waals surface area contributed by atoms with Gasteiger partial charge in [0.15, 0.2) is 5.82 Å². The zero-order valence-corrected chi connectivity index (χ0v) is 14.4. The average molecular weight is 327 g/mol. The van der Waals surface area contributed by atoms with Crippen LogP contribution in [0.3, 0.4) is 0 Å². The number of ether oxygens (including phenoxy) is 1. The minimum atomic E-state index is 0.849. The van der Waals surface area contributed by atoms with Crippen LogP contribution in [-0.4, -0.2) is 68.3 Å². The van der Waals surface area contributed by atoms with Gasteiger partial charge in [-0.05, 0) is 31.3 Å². The Morgan fingerprint density at radius 3 is 2.42 bits per heavy atom. The summed E-state index contributed by atoms with van der Waals surface area (Å²) in [6.45, 7) is 6.19. The number of hydrogen-bond acceptors (Lipinski definition) is 6. The molecule has 3 rings (SSSR count). The van der Waals surface area contributed by atoms with Crippen molar-refractivity contribution in [2.75, 3.05) is 58.3 Å². The highest BCUT2D eigenvalue weighted by Crippen LogP contribution is 2.28. The van der Waals surface area contributed by atoms with E-state index in [0.717, 1.165) is 62.1 Å². The lowest BCUT2D eigenvalue weighted by molar-refractivity contribution is 0.259. The smallest absolute Gasteiger partial charge is 0.155 e. The molecule has 1 aliphatic rings. The number of nitrogens with zero attached hydrogens (tertiary/aromatic N) is 4. The second kappa shape index (κ2) is 8.08. The number of rotatable bonds is 6. The summed E-state index contributed by atoms with van der Waals surface area (Å²) in [6.07, 6.45) is 3.53. The molecule has 0 atom stereocenters. The fourth-order valence-corrected chi connectivity index (χ4v) is 2.97. The van der Waals surface area contributed by atoms with E-state index in [0.29, 0.717) is 0 Å². The highest BCUT2D eigenvalue weighted by Gasteiger charge is 2.21. The van der Waals surface area contributed by atoms with Crippen molar-refractivity contribution < 1.29 is 4.74 Å². The van der Waals surface area contributed by atoms with E-state index in [4.69, 9.17) is 4.74 Å². The highest BCUT2D eigenvalue weighted by molar-refractivity contribution is 5.72. The Morgan fingerprint density at radius 2 is 1.75 bits per heavy atom. The summed E-state index contributed by atoms with van der Waals surface area (Å²) in [5, 5.41) is 3.21. The molecule has 2 aromatic rings. The predicted octanol–water partition coefficient (Wildman–Crippen LogP) is 1.49. The minimum absolute atomic E-state index is 0.849. The molecule has 2 heterocycles. The molecule has 0 unspecified atom stereocenters. The van der Waals surface area contributed by atoms with Crippen molar-refractivity contribution in [1.29, 1.82) is 0 Å². The third-order valence-electron chi connectivity index (χ3n) is 4.39. The molecule has 0 saturated carbocycles. The van der Waals surface area contributed by atoms with Crippen molar-refractivity contribution in [3.8, 4) is 17.0 Å². The Balaban J connectivity index is 1.75. The molecule has 1 aromatic heterocycles. The molecule has 0 aliphatic carbocycles. The molecule has 0 spiro atoms. The van der Waals surface area contributed by atoms with Gasteiger partial charge >= 0.3 is 0 Å². The molecule has 0 amide bonds. The minimum Gasteiger partial charge on any atom is -0.497 e. The molecule has 1 N–H and O–H groups in total. The molecular formula is C18H25N5O. The summed E-state index contributed by atoms with van der Waals surface area (Å²) >= 11 is 0. The van der Waals surface area contributed by atoms with E-state index in [1.54, 1.807) is 19.5 Å². The largest absolute Gasteiger partial charge is 0.497 e. The maximum Gasteiger partial charge on any atom is 0.155 e. The van der Waals surface area contributed by atoms with Crippen molar-refractivity contribution in [3.63, 3.8) is 0 Å². The van der Waals surface area contributed by atoms with Crippen LogP contribution in [0.5, 0.6) is 5.75 Å². The van der Waals surface area contributed by atoms with Gasteiger partial charge in [0.2, 0.25) is 0 Å². The first kappa shape index (κ1) is 16.7. The Kier molecular flexibility index (Phi) is 5.61. The lowest BCUT2D eigenvalue weighted by Gasteiger charge is -2.35. The summed E-state index contributed by atoms with van der Waals surface area (Å²) in [5.74, 6) is 1.82. The molecular weight excluding hydrogens is 302 g/mol. The summed E-state index contributed by atoms with van der Waals surface area (Å²) < 4.78 is 5.24. The van der Waals surface area contributed by atoms with E-state index in [-0.39, 0.29) is 0 Å². The average Bonchev–Trinajstić information content (AvgIpc) is 2.67. The van der Waals surface area contributed by atoms with E-state index < -0.39 is 0 Å². The Bertz CT molecular complexity index is 638. The van der Waals surface area contributed by atoms with Gasteiger partial charge in [-0.1, -0.05) is 0 Å². The molecule has 6 heteroatoms. The van der Waals surface area contributed by atoms with Gasteiger partial charge in [-0.15, -0.1) is 0 Å². The maximum atomic E-state index is 5.24. The number of benzene rings is 1. The Labute approximate surface area is 143 Å². The van der Waals surface area contributed by atoms with E-state index in [9.17, 15) is 0 Å². The van der Waals surface area contributed by atoms with Crippen LogP contribution in [0.4, 0.5) is 5.82 Å². The van der Waals surface area contributed by atoms with Crippen molar-refractivity contribution in [2.24, 2.45) is 0 Å². The van der Waals surface area contributed by atoms with Crippen molar-refractivity contribution in [1.82, 2.24) is 20.2 Å². The zero-order chi connectivity index (χ0) is 16.8. The topological polar surface area (TPSA) is 53.5 Å². The van der Waals surface area contributed by atoms with Crippen molar-refractivity contribution >= 4 is 5.82 Å². The second-order valence-corrected chi connectivity index (χ2v) is 5.89. The van der Waals surface area contributed by atoms with Gasteiger partial charge in [-0.25, -0.2) is 4.98 Å². The number of likely N-dealkylation sites (N-methyl/N-ethyl adjacent to an activating group) is 1. The number of anilines is 1. The molecule has 1 aromatic carbocycles. The van der Waals surface area contributed by atoms with Gasteiger partial charge in [0, 0.05) is 57.2 Å². The Hall–Kier alpha value is -2.18. The highest BCUT2D eigenvalue weighted by atomic mass is 16.5. The van der Waals surface area contributed by atoms with E-state index in [1.165, 1.54) is 0 Å². The summed E-state index contributed by atoms with van der Waals surface area (Å²) in [7, 11) is 3.67. The molecule has 24 heavy (non-hydrogen) atoms. The lowest BCUT2D eigenvalue weighted by atomic mass is 10.1. The summed E-state index contributed by atoms with van der Waals surface area (Å²) in [4.78, 5) is 14.0. The first-order valence-corrected chi connectivity index (χ1v) is 8.39. The zero-order valence-electron chi connectivity index (χ0n) is 14.4. The number of aromatic nitrogens is 2. The molecule has 6 nitrogen and oxygen atoms in total. The normalized spacial score (nSPS) is 15.5. The molecule has 0 radical (unpaired) electrons. The van der Waals surface area contributed by atoms with E-state index in [2.05, 4.69) is 25.1 Å². The van der Waals surface area contributed by atoms with Crippen LogP contribution in [0.1, 0.15) is 0 Å². The maximum absolute atomic E-state index is 5.24. The fourth-order valence-electron chi connectivity index (χ4n) is 2.97. The van der Waals surface area contributed by atoms with E-state index >= 15 is 0 Å². The first-order valence-electron chi connectivity index (χ1n) is 8.39. The van der Waals surface area contributed by atoms with Gasteiger partial charge in [0.05, 0.1) is 7.11 Å². The molecule has 0 bridgehead atoms. The SMILES string of the molecule is CNCCN1CCN(c2nccnc2-c2ccc(OC)cc2)CC1. The van der Waals surface area contributed by atoms with Gasteiger partial charge in [0.25, 0.3) is 0 Å². The monoisotopic (exact) mass is 327 g/mol. The fraction of sp³-hybridized carbons (Fsp3) is 0.444. The summed E-state index contributed by atoms with van der Waals surface area (Å²) in [5.41, 5.74) is 2.00. The quantitative estimate of drug-likeness (QED) is 0.868. The van der Waals surface area contributed by atoms with Gasteiger partial charge in [-0.3, -0.25) is 9.88 Å².